The third-order valence-corrected chi connectivity index (χ3v) is 4.19. The first-order valence-corrected chi connectivity index (χ1v) is 8.10. The normalized spacial score (nSPS) is 10.6. The first kappa shape index (κ1) is 16.1. The van der Waals surface area contributed by atoms with Gasteiger partial charge in [0.2, 0.25) is 0 Å². The van der Waals surface area contributed by atoms with Gasteiger partial charge in [0.1, 0.15) is 10.6 Å². The SMILES string of the molecule is Cc1cccc(OCC(=O)Nc2nnc(-c3sc(C)nc3C)o2)c1. The molecule has 1 aromatic carbocycles. The monoisotopic (exact) mass is 344 g/mol. The highest BCUT2D eigenvalue weighted by atomic mass is 32.1. The number of nitrogens with one attached hydrogen (secondary N) is 1. The van der Waals surface area contributed by atoms with Crippen molar-refractivity contribution in [1.29, 1.82) is 0 Å². The molecule has 1 N–H and O–H groups in total. The van der Waals surface area contributed by atoms with Gasteiger partial charge in [0, 0.05) is 0 Å². The van der Waals surface area contributed by atoms with Crippen LogP contribution in [0.15, 0.2) is 28.7 Å². The number of rotatable bonds is 5. The molecule has 3 rings (SSSR count). The Hall–Kier alpha value is -2.74. The van der Waals surface area contributed by atoms with Crippen LogP contribution in [-0.2, 0) is 4.79 Å². The van der Waals surface area contributed by atoms with Crippen molar-refractivity contribution in [2.24, 2.45) is 0 Å². The second-order valence-electron chi connectivity index (χ2n) is 5.21. The van der Waals surface area contributed by atoms with Crippen molar-refractivity contribution in [1.82, 2.24) is 15.2 Å². The lowest BCUT2D eigenvalue weighted by Crippen LogP contribution is -2.20. The molecule has 2 heterocycles. The number of amides is 1. The summed E-state index contributed by atoms with van der Waals surface area (Å²) < 4.78 is 10.9. The van der Waals surface area contributed by atoms with E-state index < -0.39 is 0 Å². The van der Waals surface area contributed by atoms with Crippen molar-refractivity contribution >= 4 is 23.3 Å². The Morgan fingerprint density at radius 2 is 2.12 bits per heavy atom. The Bertz CT molecular complexity index is 872. The highest BCUT2D eigenvalue weighted by Gasteiger charge is 2.16. The van der Waals surface area contributed by atoms with E-state index >= 15 is 0 Å². The number of thiazole rings is 1. The molecule has 3 aromatic rings. The fourth-order valence-electron chi connectivity index (χ4n) is 2.10. The summed E-state index contributed by atoms with van der Waals surface area (Å²) in [6, 6.07) is 7.50. The Labute approximate surface area is 142 Å². The maximum Gasteiger partial charge on any atom is 0.322 e. The van der Waals surface area contributed by atoms with Crippen molar-refractivity contribution in [3.05, 3.63) is 40.5 Å². The fourth-order valence-corrected chi connectivity index (χ4v) is 2.95. The number of hydrogen-bond acceptors (Lipinski definition) is 7. The van der Waals surface area contributed by atoms with Crippen LogP contribution in [0, 0.1) is 20.8 Å². The van der Waals surface area contributed by atoms with E-state index in [0.717, 1.165) is 21.1 Å². The highest BCUT2D eigenvalue weighted by Crippen LogP contribution is 2.29. The third kappa shape index (κ3) is 3.77. The summed E-state index contributed by atoms with van der Waals surface area (Å²) >= 11 is 1.46. The van der Waals surface area contributed by atoms with Gasteiger partial charge in [-0.2, -0.15) is 0 Å². The number of hydrogen-bond donors (Lipinski definition) is 1. The number of nitrogens with zero attached hydrogens (tertiary/aromatic N) is 3. The lowest BCUT2D eigenvalue weighted by atomic mass is 10.2. The first-order valence-electron chi connectivity index (χ1n) is 7.28. The highest BCUT2D eigenvalue weighted by molar-refractivity contribution is 7.15. The molecule has 0 unspecified atom stereocenters. The summed E-state index contributed by atoms with van der Waals surface area (Å²) in [7, 11) is 0. The van der Waals surface area contributed by atoms with Crippen LogP contribution in [0.3, 0.4) is 0 Å². The summed E-state index contributed by atoms with van der Waals surface area (Å²) in [5, 5.41) is 11.2. The first-order chi connectivity index (χ1) is 11.5. The van der Waals surface area contributed by atoms with E-state index in [2.05, 4.69) is 20.5 Å². The van der Waals surface area contributed by atoms with Crippen molar-refractivity contribution in [3.63, 3.8) is 0 Å². The molecule has 0 aliphatic rings. The number of benzene rings is 1. The van der Waals surface area contributed by atoms with E-state index in [4.69, 9.17) is 9.15 Å². The van der Waals surface area contributed by atoms with Crippen LogP contribution in [0.5, 0.6) is 5.75 Å². The molecule has 7 nitrogen and oxygen atoms in total. The molecule has 1 amide bonds. The minimum atomic E-state index is -0.371. The molecule has 0 saturated carbocycles. The summed E-state index contributed by atoms with van der Waals surface area (Å²) in [6.45, 7) is 5.59. The molecule has 24 heavy (non-hydrogen) atoms. The standard InChI is InChI=1S/C16H16N4O3S/c1-9-5-4-6-12(7-9)22-8-13(21)18-16-20-19-15(23-16)14-10(2)17-11(3)24-14/h4-7H,8H2,1-3H3,(H,18,20,21). The quantitative estimate of drug-likeness (QED) is 0.765. The predicted octanol–water partition coefficient (Wildman–Crippen LogP) is 3.14. The molecule has 0 saturated heterocycles. The number of anilines is 1. The van der Waals surface area contributed by atoms with Crippen molar-refractivity contribution in [2.75, 3.05) is 11.9 Å². The Balaban J connectivity index is 1.60. The van der Waals surface area contributed by atoms with Crippen LogP contribution < -0.4 is 10.1 Å². The molecule has 8 heteroatoms. The molecule has 0 radical (unpaired) electrons. The maximum absolute atomic E-state index is 11.9. The van der Waals surface area contributed by atoms with E-state index in [1.807, 2.05) is 39.0 Å². The summed E-state index contributed by atoms with van der Waals surface area (Å²) in [5.74, 6) is 0.601. The molecule has 2 aromatic heterocycles. The average Bonchev–Trinajstić information content (AvgIpc) is 3.11. The Kier molecular flexibility index (Phi) is 4.57. The van der Waals surface area contributed by atoms with Gasteiger partial charge in [-0.3, -0.25) is 10.1 Å². The second kappa shape index (κ2) is 6.79. The lowest BCUT2D eigenvalue weighted by Gasteiger charge is -2.05. The van der Waals surface area contributed by atoms with E-state index in [0.29, 0.717) is 11.6 Å². The smallest absolute Gasteiger partial charge is 0.322 e. The van der Waals surface area contributed by atoms with Crippen LogP contribution in [0.2, 0.25) is 0 Å². The largest absolute Gasteiger partial charge is 0.484 e. The number of carbonyl (C=O) groups excluding carboxylic acids is 1. The molecule has 0 spiro atoms. The predicted molar refractivity (Wildman–Crippen MR) is 90.2 cm³/mol. The van der Waals surface area contributed by atoms with Crippen molar-refractivity contribution in [2.45, 2.75) is 20.8 Å². The van der Waals surface area contributed by atoms with Crippen LogP contribution in [-0.4, -0.2) is 27.7 Å². The van der Waals surface area contributed by atoms with Gasteiger partial charge >= 0.3 is 6.01 Å². The van der Waals surface area contributed by atoms with Gasteiger partial charge < -0.3 is 9.15 Å². The molecule has 0 atom stereocenters. The van der Waals surface area contributed by atoms with E-state index in [-0.39, 0.29) is 18.5 Å². The molecule has 0 aliphatic carbocycles. The van der Waals surface area contributed by atoms with Crippen LogP contribution in [0.25, 0.3) is 10.8 Å². The van der Waals surface area contributed by atoms with Crippen LogP contribution in [0.1, 0.15) is 16.3 Å². The average molecular weight is 344 g/mol. The van der Waals surface area contributed by atoms with Crippen molar-refractivity contribution in [3.8, 4) is 16.5 Å². The number of aryl methyl sites for hydroxylation is 3. The van der Waals surface area contributed by atoms with Gasteiger partial charge in [0.05, 0.1) is 10.7 Å². The van der Waals surface area contributed by atoms with Crippen molar-refractivity contribution < 1.29 is 13.9 Å². The summed E-state index contributed by atoms with van der Waals surface area (Å²) in [5.41, 5.74) is 1.88. The minimum Gasteiger partial charge on any atom is -0.484 e. The maximum atomic E-state index is 11.9. The van der Waals surface area contributed by atoms with Gasteiger partial charge in [0.15, 0.2) is 6.61 Å². The second-order valence-corrected chi connectivity index (χ2v) is 6.42. The van der Waals surface area contributed by atoms with Gasteiger partial charge in [-0.1, -0.05) is 17.2 Å². The molecule has 124 valence electrons. The minimum absolute atomic E-state index is 0.0355. The van der Waals surface area contributed by atoms with E-state index in [9.17, 15) is 4.79 Å². The zero-order valence-electron chi connectivity index (χ0n) is 13.5. The molecule has 0 fully saturated rings. The molecule has 0 bridgehead atoms. The lowest BCUT2D eigenvalue weighted by molar-refractivity contribution is -0.118. The fraction of sp³-hybridized carbons (Fsp3) is 0.250. The Morgan fingerprint density at radius 3 is 2.83 bits per heavy atom. The van der Waals surface area contributed by atoms with Gasteiger partial charge in [0.25, 0.3) is 11.8 Å². The van der Waals surface area contributed by atoms with Gasteiger partial charge in [-0.25, -0.2) is 4.98 Å². The molecular weight excluding hydrogens is 328 g/mol. The number of ether oxygens (including phenoxy) is 1. The topological polar surface area (TPSA) is 90.1 Å². The zero-order valence-corrected chi connectivity index (χ0v) is 14.3. The summed E-state index contributed by atoms with van der Waals surface area (Å²) in [6.07, 6.45) is 0. The molecule has 0 aliphatic heterocycles. The van der Waals surface area contributed by atoms with E-state index in [1.165, 1.54) is 11.3 Å². The van der Waals surface area contributed by atoms with Crippen LogP contribution in [0.4, 0.5) is 6.01 Å². The summed E-state index contributed by atoms with van der Waals surface area (Å²) in [4.78, 5) is 17.0. The molecular formula is C16H16N4O3S. The van der Waals surface area contributed by atoms with E-state index in [1.54, 1.807) is 6.07 Å². The third-order valence-electron chi connectivity index (χ3n) is 3.13. The van der Waals surface area contributed by atoms with Gasteiger partial charge in [-0.15, -0.1) is 16.4 Å². The number of aromatic nitrogens is 3. The zero-order chi connectivity index (χ0) is 17.1. The Morgan fingerprint density at radius 1 is 1.29 bits per heavy atom. The van der Waals surface area contributed by atoms with Crippen LogP contribution >= 0.6 is 11.3 Å². The number of carbonyl (C=O) groups is 1. The van der Waals surface area contributed by atoms with Gasteiger partial charge in [-0.05, 0) is 38.5 Å².